The molecule has 0 aliphatic carbocycles. The Morgan fingerprint density at radius 1 is 1.06 bits per heavy atom. The van der Waals surface area contributed by atoms with Gasteiger partial charge in [-0.25, -0.2) is 0 Å². The highest BCUT2D eigenvalue weighted by atomic mass is 127. The third kappa shape index (κ3) is 1.92. The largest absolute Gasteiger partial charge is 0.252 e. The summed E-state index contributed by atoms with van der Waals surface area (Å²) >= 11 is 1.47. The van der Waals surface area contributed by atoms with Crippen molar-refractivity contribution in [2.45, 2.75) is 0 Å². The molecular weight excluding hydrogens is 333 g/mol. The molecule has 0 radical (unpaired) electrons. The van der Waals surface area contributed by atoms with Gasteiger partial charge in [-0.15, -0.1) is 14.7 Å². The van der Waals surface area contributed by atoms with Crippen molar-refractivity contribution in [3.8, 4) is 10.4 Å². The van der Waals surface area contributed by atoms with E-state index in [1.165, 1.54) is 19.6 Å². The molecule has 0 spiro atoms. The Balaban J connectivity index is 1.91. The Labute approximate surface area is 107 Å². The van der Waals surface area contributed by atoms with Crippen LogP contribution in [0.25, 0.3) is 10.4 Å². The van der Waals surface area contributed by atoms with Crippen LogP contribution < -0.4 is 5.43 Å². The number of nitrogens with one attached hydrogen (secondary N) is 1. The van der Waals surface area contributed by atoms with Crippen LogP contribution in [0.2, 0.25) is 0 Å². The van der Waals surface area contributed by atoms with Crippen molar-refractivity contribution in [2.75, 3.05) is 0 Å². The number of nitrogens with zero attached hydrogens (tertiary/aromatic N) is 2. The molecule has 1 aromatic heterocycles. The van der Waals surface area contributed by atoms with E-state index in [4.69, 9.17) is 0 Å². The molecule has 0 saturated carbocycles. The predicted octanol–water partition coefficient (Wildman–Crippen LogP) is 3.75. The first-order chi connectivity index (χ1) is 7.93. The lowest BCUT2D eigenvalue weighted by Crippen LogP contribution is -2.12. The van der Waals surface area contributed by atoms with Crippen molar-refractivity contribution in [1.82, 2.24) is 5.43 Å². The van der Waals surface area contributed by atoms with Gasteiger partial charge in [-0.3, -0.25) is 5.43 Å². The molecule has 1 aromatic carbocycles. The molecule has 0 saturated heterocycles. The molecule has 0 bridgehead atoms. The molecule has 0 unspecified atom stereocenters. The van der Waals surface area contributed by atoms with Crippen LogP contribution in [0.5, 0.6) is 0 Å². The number of hydrogen-bond donors (Lipinski definition) is 1. The number of thiophene rings is 1. The smallest absolute Gasteiger partial charge is 0.117 e. The summed E-state index contributed by atoms with van der Waals surface area (Å²) in [7, 11) is 0. The van der Waals surface area contributed by atoms with Gasteiger partial charge in [0.25, 0.3) is 0 Å². The summed E-state index contributed by atoms with van der Waals surface area (Å²) in [4.78, 5) is 1.31. The predicted molar refractivity (Wildman–Crippen MR) is 75.9 cm³/mol. The molecule has 0 fully saturated rings. The summed E-state index contributed by atoms with van der Waals surface area (Å²) in [5.41, 5.74) is 5.43. The van der Waals surface area contributed by atoms with Crippen LogP contribution in [0.3, 0.4) is 0 Å². The van der Waals surface area contributed by atoms with E-state index in [-0.39, 0.29) is 21.0 Å². The van der Waals surface area contributed by atoms with E-state index in [2.05, 4.69) is 55.8 Å². The van der Waals surface area contributed by atoms with Gasteiger partial charge in [-0.2, -0.15) is 0 Å². The van der Waals surface area contributed by atoms with E-state index >= 15 is 0 Å². The molecule has 2 aromatic rings. The zero-order valence-corrected chi connectivity index (χ0v) is 11.2. The molecule has 1 aliphatic heterocycles. The van der Waals surface area contributed by atoms with Gasteiger partial charge in [0.15, 0.2) is 0 Å². The second kappa shape index (κ2) is 4.42. The van der Waals surface area contributed by atoms with Crippen LogP contribution in [-0.2, 0) is 0 Å². The van der Waals surface area contributed by atoms with Crippen LogP contribution in [0.4, 0.5) is 0 Å². The van der Waals surface area contributed by atoms with Crippen molar-refractivity contribution >= 4 is 36.0 Å². The van der Waals surface area contributed by atoms with Crippen LogP contribution in [0, 0.1) is 0 Å². The maximum atomic E-state index is 4.00. The van der Waals surface area contributed by atoms with Crippen LogP contribution in [0.15, 0.2) is 50.3 Å². The monoisotopic (exact) mass is 341 g/mol. The minimum atomic E-state index is -0.292. The maximum absolute atomic E-state index is 4.00. The van der Waals surface area contributed by atoms with E-state index in [1.54, 1.807) is 11.3 Å². The maximum Gasteiger partial charge on any atom is 0.117 e. The molecule has 16 heavy (non-hydrogen) atoms. The molecule has 1 N–H and O–H groups in total. The Bertz CT molecular complexity index is 543. The van der Waals surface area contributed by atoms with Crippen molar-refractivity contribution in [3.05, 3.63) is 47.3 Å². The van der Waals surface area contributed by atoms with Gasteiger partial charge in [0.2, 0.25) is 0 Å². The molecule has 2 heterocycles. The van der Waals surface area contributed by atoms with Crippen molar-refractivity contribution in [3.63, 3.8) is 0 Å². The third-order valence-corrected chi connectivity index (χ3v) is 4.95. The first-order valence-electron chi connectivity index (χ1n) is 4.75. The fourth-order valence-corrected chi connectivity index (χ4v) is 3.49. The second-order valence-corrected chi connectivity index (χ2v) is 6.18. The number of hydrogen-bond acceptors (Lipinski definition) is 4. The lowest BCUT2D eigenvalue weighted by Gasteiger charge is -2.02. The number of rotatable bonds is 2. The molecule has 1 aliphatic rings. The second-order valence-electron chi connectivity index (χ2n) is 3.24. The molecule has 80 valence electrons. The van der Waals surface area contributed by atoms with E-state index in [1.807, 2.05) is 0 Å². The normalized spacial score (nSPS) is 14.1. The Kier molecular flexibility index (Phi) is 2.79. The van der Waals surface area contributed by atoms with Gasteiger partial charge in [-0.05, 0) is 17.0 Å². The Hall–Kier alpha value is -1.08. The van der Waals surface area contributed by atoms with Gasteiger partial charge < -0.3 is 0 Å². The zero-order valence-electron chi connectivity index (χ0n) is 8.22. The minimum Gasteiger partial charge on any atom is -0.252 e. The van der Waals surface area contributed by atoms with E-state index in [9.17, 15) is 0 Å². The third-order valence-electron chi connectivity index (χ3n) is 2.25. The average molecular weight is 341 g/mol. The topological polar surface area (TPSA) is 36.8 Å². The average Bonchev–Trinajstić information content (AvgIpc) is 3.03. The first-order valence-corrected chi connectivity index (χ1v) is 7.67. The van der Waals surface area contributed by atoms with Gasteiger partial charge in [-0.1, -0.05) is 35.6 Å². The lowest BCUT2D eigenvalue weighted by atomic mass is 10.1. The van der Waals surface area contributed by atoms with Gasteiger partial charge in [0.05, 0.1) is 21.0 Å². The molecule has 3 nitrogen and oxygen atoms in total. The quantitative estimate of drug-likeness (QED) is 0.830. The molecule has 0 atom stereocenters. The van der Waals surface area contributed by atoms with Crippen molar-refractivity contribution in [2.24, 2.45) is 8.55 Å². The molecule has 0 amide bonds. The fourth-order valence-electron chi connectivity index (χ4n) is 1.48. The van der Waals surface area contributed by atoms with Crippen LogP contribution >= 0.6 is 32.3 Å². The highest BCUT2D eigenvalue weighted by Gasteiger charge is 2.06. The van der Waals surface area contributed by atoms with E-state index in [0.717, 1.165) is 0 Å². The lowest BCUT2D eigenvalue weighted by molar-refractivity contribution is 0.978. The van der Waals surface area contributed by atoms with Crippen molar-refractivity contribution in [1.29, 1.82) is 0 Å². The molecule has 5 heteroatoms. The highest BCUT2D eigenvalue weighted by molar-refractivity contribution is 14.2. The number of benzene rings is 1. The summed E-state index contributed by atoms with van der Waals surface area (Å²) in [6.07, 6.45) is 0. The Morgan fingerprint density at radius 2 is 1.88 bits per heavy atom. The molecule has 3 rings (SSSR count). The zero-order chi connectivity index (χ0) is 10.8. The van der Waals surface area contributed by atoms with E-state index < -0.39 is 0 Å². The SMILES string of the molecule is c1csc(-c2ccc(C3=IN=NN3)cc2)c1. The van der Waals surface area contributed by atoms with Crippen molar-refractivity contribution < 1.29 is 0 Å². The van der Waals surface area contributed by atoms with Gasteiger partial charge >= 0.3 is 0 Å². The fraction of sp³-hybridized carbons (Fsp3) is 0. The first kappa shape index (κ1) is 10.1. The van der Waals surface area contributed by atoms with Gasteiger partial charge in [0.1, 0.15) is 3.63 Å². The summed E-state index contributed by atoms with van der Waals surface area (Å²) in [6, 6.07) is 12.8. The van der Waals surface area contributed by atoms with E-state index in [0.29, 0.717) is 0 Å². The summed E-state index contributed by atoms with van der Waals surface area (Å²) in [6.45, 7) is 0. The minimum absolute atomic E-state index is 0.292. The highest BCUT2D eigenvalue weighted by Crippen LogP contribution is 2.25. The Morgan fingerprint density at radius 3 is 2.50 bits per heavy atom. The van der Waals surface area contributed by atoms with Gasteiger partial charge in [0, 0.05) is 10.4 Å². The summed E-state index contributed by atoms with van der Waals surface area (Å²) in [5, 5.41) is 5.90. The standard InChI is InChI=1S/C11H8IN3S/c1-2-10(16-7-1)8-3-5-9(6-4-8)11-12-14-15-13-11/h1-7H,(H,13,14). The summed E-state index contributed by atoms with van der Waals surface area (Å²) in [5.74, 6) is 0. The van der Waals surface area contributed by atoms with Crippen LogP contribution in [0.1, 0.15) is 5.56 Å². The van der Waals surface area contributed by atoms with Crippen LogP contribution in [-0.4, -0.2) is 3.63 Å². The summed E-state index contributed by atoms with van der Waals surface area (Å²) < 4.78 is 5.18. The number of halogens is 1. The molecular formula is C11H8IN3S.